The Balaban J connectivity index is 1.81. The van der Waals surface area contributed by atoms with E-state index in [1.165, 1.54) is 22.5 Å². The lowest BCUT2D eigenvalue weighted by Gasteiger charge is -2.31. The van der Waals surface area contributed by atoms with Gasteiger partial charge in [-0.15, -0.1) is 0 Å². The second-order valence-corrected chi connectivity index (χ2v) is 9.37. The zero-order valence-electron chi connectivity index (χ0n) is 16.9. The SMILES string of the molecule is Cc1ccc(S(=O)(=O)N2CCN(C)CC2)cc1C(=O)N[C@@H](C)c1ccc(F)cc1. The predicted molar refractivity (Wildman–Crippen MR) is 110 cm³/mol. The molecule has 1 amide bonds. The van der Waals surface area contributed by atoms with Gasteiger partial charge in [-0.25, -0.2) is 12.8 Å². The number of sulfonamides is 1. The normalized spacial score (nSPS) is 17.1. The maximum atomic E-state index is 13.1. The maximum Gasteiger partial charge on any atom is 0.252 e. The summed E-state index contributed by atoms with van der Waals surface area (Å²) in [5, 5.41) is 2.86. The minimum absolute atomic E-state index is 0.118. The van der Waals surface area contributed by atoms with Gasteiger partial charge < -0.3 is 10.2 Å². The fraction of sp³-hybridized carbons (Fsp3) is 0.381. The van der Waals surface area contributed by atoms with Crippen LogP contribution in [-0.2, 0) is 10.0 Å². The van der Waals surface area contributed by atoms with Gasteiger partial charge in [0.25, 0.3) is 5.91 Å². The minimum Gasteiger partial charge on any atom is -0.346 e. The van der Waals surface area contributed by atoms with Crippen molar-refractivity contribution in [2.75, 3.05) is 33.2 Å². The van der Waals surface area contributed by atoms with Crippen LogP contribution in [0.5, 0.6) is 0 Å². The van der Waals surface area contributed by atoms with E-state index in [4.69, 9.17) is 0 Å². The molecule has 0 spiro atoms. The molecule has 1 atom stereocenters. The fourth-order valence-electron chi connectivity index (χ4n) is 3.29. The second kappa shape index (κ2) is 8.61. The third-order valence-electron chi connectivity index (χ3n) is 5.27. The van der Waals surface area contributed by atoms with Crippen LogP contribution in [-0.4, -0.2) is 56.8 Å². The van der Waals surface area contributed by atoms with E-state index in [2.05, 4.69) is 10.2 Å². The van der Waals surface area contributed by atoms with E-state index in [0.29, 0.717) is 37.3 Å². The number of rotatable bonds is 5. The molecule has 0 unspecified atom stereocenters. The van der Waals surface area contributed by atoms with Gasteiger partial charge in [-0.05, 0) is 56.3 Å². The molecule has 1 N–H and O–H groups in total. The van der Waals surface area contributed by atoms with Gasteiger partial charge in [-0.1, -0.05) is 18.2 Å². The number of hydrogen-bond acceptors (Lipinski definition) is 4. The van der Waals surface area contributed by atoms with Crippen molar-refractivity contribution in [3.05, 3.63) is 65.0 Å². The second-order valence-electron chi connectivity index (χ2n) is 7.43. The zero-order chi connectivity index (χ0) is 21.2. The molecule has 2 aromatic carbocycles. The van der Waals surface area contributed by atoms with E-state index in [1.54, 1.807) is 38.1 Å². The largest absolute Gasteiger partial charge is 0.346 e. The van der Waals surface area contributed by atoms with Gasteiger partial charge in [-0.2, -0.15) is 4.31 Å². The summed E-state index contributed by atoms with van der Waals surface area (Å²) in [5.74, 6) is -0.709. The minimum atomic E-state index is -3.66. The number of nitrogens with one attached hydrogen (secondary N) is 1. The highest BCUT2D eigenvalue weighted by molar-refractivity contribution is 7.89. The van der Waals surface area contributed by atoms with Crippen molar-refractivity contribution in [2.45, 2.75) is 24.8 Å². The number of hydrogen-bond donors (Lipinski definition) is 1. The quantitative estimate of drug-likeness (QED) is 0.809. The van der Waals surface area contributed by atoms with E-state index in [1.807, 2.05) is 7.05 Å². The number of carbonyl (C=O) groups excluding carboxylic acids is 1. The average Bonchev–Trinajstić information content (AvgIpc) is 2.68. The summed E-state index contributed by atoms with van der Waals surface area (Å²) >= 11 is 0. The maximum absolute atomic E-state index is 13.1. The predicted octanol–water partition coefficient (Wildman–Crippen LogP) is 2.56. The van der Waals surface area contributed by atoms with Crippen LogP contribution in [0.1, 0.15) is 34.5 Å². The van der Waals surface area contributed by atoms with Crippen molar-refractivity contribution in [1.29, 1.82) is 0 Å². The topological polar surface area (TPSA) is 69.7 Å². The summed E-state index contributed by atoms with van der Waals surface area (Å²) in [7, 11) is -1.70. The van der Waals surface area contributed by atoms with Crippen molar-refractivity contribution in [3.8, 4) is 0 Å². The van der Waals surface area contributed by atoms with E-state index < -0.39 is 10.0 Å². The number of amides is 1. The first-order valence-electron chi connectivity index (χ1n) is 9.54. The third-order valence-corrected chi connectivity index (χ3v) is 7.17. The van der Waals surface area contributed by atoms with E-state index in [-0.39, 0.29) is 22.7 Å². The smallest absolute Gasteiger partial charge is 0.252 e. The Morgan fingerprint density at radius 3 is 2.31 bits per heavy atom. The molecule has 1 heterocycles. The van der Waals surface area contributed by atoms with Crippen LogP contribution in [0, 0.1) is 12.7 Å². The molecule has 0 aliphatic carbocycles. The van der Waals surface area contributed by atoms with Crippen LogP contribution in [0.4, 0.5) is 4.39 Å². The molecule has 1 aliphatic heterocycles. The molecule has 8 heteroatoms. The zero-order valence-corrected chi connectivity index (χ0v) is 17.7. The Morgan fingerprint density at radius 2 is 1.69 bits per heavy atom. The molecule has 0 radical (unpaired) electrons. The number of aryl methyl sites for hydroxylation is 1. The molecule has 2 aromatic rings. The Morgan fingerprint density at radius 1 is 1.07 bits per heavy atom. The van der Waals surface area contributed by atoms with Crippen LogP contribution >= 0.6 is 0 Å². The molecule has 3 rings (SSSR count). The molecule has 1 fully saturated rings. The molecule has 156 valence electrons. The summed E-state index contributed by atoms with van der Waals surface area (Å²) in [6.45, 7) is 5.77. The Kier molecular flexibility index (Phi) is 6.36. The Labute approximate surface area is 171 Å². The number of likely N-dealkylation sites (N-methyl/N-ethyl adjacent to an activating group) is 1. The summed E-state index contributed by atoms with van der Waals surface area (Å²) in [6.07, 6.45) is 0. The molecule has 1 saturated heterocycles. The number of piperazine rings is 1. The van der Waals surface area contributed by atoms with Crippen LogP contribution in [0.2, 0.25) is 0 Å². The monoisotopic (exact) mass is 419 g/mol. The van der Waals surface area contributed by atoms with Crippen LogP contribution in [0.25, 0.3) is 0 Å². The van der Waals surface area contributed by atoms with E-state index in [9.17, 15) is 17.6 Å². The number of benzene rings is 2. The molecule has 0 bridgehead atoms. The van der Waals surface area contributed by atoms with E-state index in [0.717, 1.165) is 5.56 Å². The van der Waals surface area contributed by atoms with Crippen molar-refractivity contribution in [3.63, 3.8) is 0 Å². The average molecular weight is 420 g/mol. The van der Waals surface area contributed by atoms with Gasteiger partial charge in [0.2, 0.25) is 10.0 Å². The summed E-state index contributed by atoms with van der Waals surface area (Å²) in [5.41, 5.74) is 1.76. The molecular weight excluding hydrogens is 393 g/mol. The molecule has 1 aliphatic rings. The lowest BCUT2D eigenvalue weighted by Crippen LogP contribution is -2.47. The lowest BCUT2D eigenvalue weighted by molar-refractivity contribution is 0.0939. The summed E-state index contributed by atoms with van der Waals surface area (Å²) in [6, 6.07) is 10.2. The summed E-state index contributed by atoms with van der Waals surface area (Å²) < 4.78 is 40.6. The number of halogens is 1. The lowest BCUT2D eigenvalue weighted by atomic mass is 10.1. The molecular formula is C21H26FN3O3S. The molecule has 0 saturated carbocycles. The van der Waals surface area contributed by atoms with Gasteiger partial charge in [-0.3, -0.25) is 4.79 Å². The Bertz CT molecular complexity index is 985. The van der Waals surface area contributed by atoms with Gasteiger partial charge in [0.1, 0.15) is 5.82 Å². The number of nitrogens with zero attached hydrogens (tertiary/aromatic N) is 2. The fourth-order valence-corrected chi connectivity index (χ4v) is 4.74. The van der Waals surface area contributed by atoms with Crippen LogP contribution in [0.3, 0.4) is 0 Å². The van der Waals surface area contributed by atoms with Crippen LogP contribution in [0.15, 0.2) is 47.4 Å². The van der Waals surface area contributed by atoms with Crippen LogP contribution < -0.4 is 5.32 Å². The van der Waals surface area contributed by atoms with Crippen molar-refractivity contribution in [1.82, 2.24) is 14.5 Å². The highest BCUT2D eigenvalue weighted by Gasteiger charge is 2.28. The Hall–Kier alpha value is -2.29. The van der Waals surface area contributed by atoms with Gasteiger partial charge in [0, 0.05) is 31.7 Å². The van der Waals surface area contributed by atoms with Crippen molar-refractivity contribution < 1.29 is 17.6 Å². The summed E-state index contributed by atoms with van der Waals surface area (Å²) in [4.78, 5) is 15.0. The van der Waals surface area contributed by atoms with Crippen molar-refractivity contribution in [2.24, 2.45) is 0 Å². The highest BCUT2D eigenvalue weighted by Crippen LogP contribution is 2.22. The first kappa shape index (κ1) is 21.4. The van der Waals surface area contributed by atoms with Gasteiger partial charge >= 0.3 is 0 Å². The van der Waals surface area contributed by atoms with Gasteiger partial charge in [0.15, 0.2) is 0 Å². The third kappa shape index (κ3) is 4.83. The van der Waals surface area contributed by atoms with Gasteiger partial charge in [0.05, 0.1) is 10.9 Å². The first-order chi connectivity index (χ1) is 13.7. The van der Waals surface area contributed by atoms with E-state index >= 15 is 0 Å². The molecule has 29 heavy (non-hydrogen) atoms. The molecule has 0 aromatic heterocycles. The highest BCUT2D eigenvalue weighted by atomic mass is 32.2. The van der Waals surface area contributed by atoms with Crippen molar-refractivity contribution >= 4 is 15.9 Å². The molecule has 6 nitrogen and oxygen atoms in total. The standard InChI is InChI=1S/C21H26FN3O3S/c1-15-4-9-19(29(27,28)25-12-10-24(3)11-13-25)14-20(15)21(26)23-16(2)17-5-7-18(22)8-6-17/h4-9,14,16H,10-13H2,1-3H3,(H,23,26)/t16-/m0/s1. The first-order valence-corrected chi connectivity index (χ1v) is 11.0. The number of carbonyl (C=O) groups is 1.